The fraction of sp³-hybridized carbons (Fsp3) is 0.156. The molecule has 0 aliphatic carbocycles. The largest absolute Gasteiger partial charge is 0.490 e. The molecule has 1 saturated heterocycles. The van der Waals surface area contributed by atoms with E-state index < -0.39 is 17.8 Å². The number of aryl methyl sites for hydroxylation is 1. The Morgan fingerprint density at radius 1 is 0.875 bits per heavy atom. The normalized spacial score (nSPS) is 14.5. The lowest BCUT2D eigenvalue weighted by Gasteiger charge is -2.28. The lowest BCUT2D eigenvalue weighted by molar-refractivity contribution is -0.122. The Kier molecular flexibility index (Phi) is 7.98. The first kappa shape index (κ1) is 27.1. The number of fused-ring (bicyclic) bond motifs is 1. The topological polar surface area (TPSA) is 84.9 Å². The number of hydrogen-bond acceptors (Lipinski definition) is 5. The van der Waals surface area contributed by atoms with Gasteiger partial charge in [-0.15, -0.1) is 0 Å². The summed E-state index contributed by atoms with van der Waals surface area (Å²) in [5, 5.41) is 4.52. The van der Waals surface area contributed by atoms with Crippen LogP contribution in [0.2, 0.25) is 0 Å². The van der Waals surface area contributed by atoms with Gasteiger partial charge in [-0.2, -0.15) is 0 Å². The van der Waals surface area contributed by atoms with Crippen LogP contribution in [0.1, 0.15) is 30.5 Å². The molecule has 202 valence electrons. The van der Waals surface area contributed by atoms with Gasteiger partial charge in [-0.1, -0.05) is 67.6 Å². The summed E-state index contributed by atoms with van der Waals surface area (Å²) in [6.45, 7) is 4.49. The predicted octanol–water partition coefficient (Wildman–Crippen LogP) is 6.81. The van der Waals surface area contributed by atoms with Gasteiger partial charge < -0.3 is 9.47 Å². The van der Waals surface area contributed by atoms with Gasteiger partial charge in [0.1, 0.15) is 12.2 Å². The summed E-state index contributed by atoms with van der Waals surface area (Å²) < 4.78 is 12.7. The van der Waals surface area contributed by atoms with E-state index in [0.717, 1.165) is 26.8 Å². The molecule has 0 unspecified atom stereocenters. The van der Waals surface area contributed by atoms with Crippen molar-refractivity contribution in [3.8, 4) is 11.5 Å². The van der Waals surface area contributed by atoms with Crippen LogP contribution in [0.15, 0.2) is 88.9 Å². The minimum atomic E-state index is -0.776. The molecule has 0 atom stereocenters. The molecule has 0 spiro atoms. The monoisotopic (exact) mass is 598 g/mol. The van der Waals surface area contributed by atoms with Crippen molar-refractivity contribution >= 4 is 56.3 Å². The first-order valence-electron chi connectivity index (χ1n) is 13.0. The van der Waals surface area contributed by atoms with E-state index in [1.807, 2.05) is 50.2 Å². The molecule has 5 rings (SSSR count). The van der Waals surface area contributed by atoms with E-state index in [0.29, 0.717) is 46.9 Å². The molecule has 1 aliphatic rings. The van der Waals surface area contributed by atoms with Crippen LogP contribution in [-0.4, -0.2) is 24.5 Å². The van der Waals surface area contributed by atoms with E-state index in [2.05, 4.69) is 39.4 Å². The SMILES string of the molecule is CCOc1cc(/C=C2/C(=O)NC(=O)N(c3ccccc3CC)C2=O)cc(Br)c1OCc1cccc2ccccc12. The highest BCUT2D eigenvalue weighted by Gasteiger charge is 2.37. The number of rotatable bonds is 8. The van der Waals surface area contributed by atoms with Crippen LogP contribution in [0.3, 0.4) is 0 Å². The van der Waals surface area contributed by atoms with E-state index in [-0.39, 0.29) is 5.57 Å². The maximum Gasteiger partial charge on any atom is 0.335 e. The highest BCUT2D eigenvalue weighted by molar-refractivity contribution is 9.10. The van der Waals surface area contributed by atoms with Crippen LogP contribution in [0.5, 0.6) is 11.5 Å². The number of urea groups is 1. The number of halogens is 1. The molecule has 1 heterocycles. The van der Waals surface area contributed by atoms with E-state index in [9.17, 15) is 14.4 Å². The Morgan fingerprint density at radius 3 is 2.40 bits per heavy atom. The zero-order chi connectivity index (χ0) is 28.2. The van der Waals surface area contributed by atoms with Gasteiger partial charge in [0, 0.05) is 0 Å². The van der Waals surface area contributed by atoms with Crippen LogP contribution in [0.4, 0.5) is 10.5 Å². The van der Waals surface area contributed by atoms with Crippen LogP contribution >= 0.6 is 15.9 Å². The summed E-state index contributed by atoms with van der Waals surface area (Å²) in [5.74, 6) is -0.493. The van der Waals surface area contributed by atoms with Crippen molar-refractivity contribution in [2.75, 3.05) is 11.5 Å². The van der Waals surface area contributed by atoms with Crippen LogP contribution < -0.4 is 19.7 Å². The summed E-state index contributed by atoms with van der Waals surface area (Å²) >= 11 is 3.58. The number of hydrogen-bond donors (Lipinski definition) is 1. The molecule has 4 amide bonds. The van der Waals surface area contributed by atoms with Crippen LogP contribution in [-0.2, 0) is 22.6 Å². The van der Waals surface area contributed by atoms with E-state index in [1.54, 1.807) is 24.3 Å². The Balaban J connectivity index is 1.47. The molecular formula is C32H27BrN2O5. The van der Waals surface area contributed by atoms with Crippen molar-refractivity contribution in [2.45, 2.75) is 26.9 Å². The number of anilines is 1. The third-order valence-electron chi connectivity index (χ3n) is 6.61. The number of barbiturate groups is 1. The van der Waals surface area contributed by atoms with Gasteiger partial charge in [0.2, 0.25) is 0 Å². The quantitative estimate of drug-likeness (QED) is 0.178. The van der Waals surface area contributed by atoms with Gasteiger partial charge in [-0.25, -0.2) is 9.69 Å². The first-order chi connectivity index (χ1) is 19.4. The minimum Gasteiger partial charge on any atom is -0.490 e. The van der Waals surface area contributed by atoms with Gasteiger partial charge >= 0.3 is 6.03 Å². The third-order valence-corrected chi connectivity index (χ3v) is 7.20. The van der Waals surface area contributed by atoms with Gasteiger partial charge in [0.15, 0.2) is 11.5 Å². The average molecular weight is 599 g/mol. The summed E-state index contributed by atoms with van der Waals surface area (Å²) in [6.07, 6.45) is 2.07. The van der Waals surface area contributed by atoms with Crippen LogP contribution in [0, 0.1) is 0 Å². The number of ether oxygens (including phenoxy) is 2. The van der Waals surface area contributed by atoms with Gasteiger partial charge in [0.05, 0.1) is 16.8 Å². The average Bonchev–Trinajstić information content (AvgIpc) is 2.95. The number of carbonyl (C=O) groups excluding carboxylic acids is 3. The first-order valence-corrected chi connectivity index (χ1v) is 13.8. The lowest BCUT2D eigenvalue weighted by atomic mass is 10.0. The lowest BCUT2D eigenvalue weighted by Crippen LogP contribution is -2.54. The van der Waals surface area contributed by atoms with E-state index in [4.69, 9.17) is 9.47 Å². The van der Waals surface area contributed by atoms with Crippen molar-refractivity contribution in [1.29, 1.82) is 0 Å². The fourth-order valence-electron chi connectivity index (χ4n) is 4.71. The molecular weight excluding hydrogens is 572 g/mol. The van der Waals surface area contributed by atoms with Gasteiger partial charge in [-0.05, 0) is 81.0 Å². The predicted molar refractivity (Wildman–Crippen MR) is 158 cm³/mol. The standard InChI is InChI=1S/C32H27BrN2O5/c1-3-21-10-6-8-15-27(21)35-31(37)25(30(36)34-32(35)38)16-20-17-26(33)29(28(18-20)39-4-2)40-19-23-13-9-12-22-11-5-7-14-24(22)23/h5-18H,3-4,19H2,1-2H3,(H,34,36,38)/b25-16-. The second kappa shape index (κ2) is 11.8. The Hall–Kier alpha value is -4.43. The molecule has 1 aliphatic heterocycles. The Morgan fingerprint density at radius 2 is 1.60 bits per heavy atom. The molecule has 7 nitrogen and oxygen atoms in total. The molecule has 0 bridgehead atoms. The molecule has 8 heteroatoms. The van der Waals surface area contributed by atoms with Crippen molar-refractivity contribution in [2.24, 2.45) is 0 Å². The summed E-state index contributed by atoms with van der Waals surface area (Å²) in [6, 6.07) is 24.0. The number of carbonyl (C=O) groups is 3. The molecule has 1 N–H and O–H groups in total. The zero-order valence-corrected chi connectivity index (χ0v) is 23.7. The number of nitrogens with one attached hydrogen (secondary N) is 1. The minimum absolute atomic E-state index is 0.163. The Bertz CT molecular complexity index is 1660. The second-order valence-corrected chi connectivity index (χ2v) is 9.98. The number of amides is 4. The number of para-hydroxylation sites is 1. The van der Waals surface area contributed by atoms with E-state index in [1.165, 1.54) is 6.08 Å². The van der Waals surface area contributed by atoms with Crippen molar-refractivity contribution in [3.05, 3.63) is 106 Å². The highest BCUT2D eigenvalue weighted by atomic mass is 79.9. The molecule has 4 aromatic carbocycles. The van der Waals surface area contributed by atoms with E-state index >= 15 is 0 Å². The molecule has 40 heavy (non-hydrogen) atoms. The zero-order valence-electron chi connectivity index (χ0n) is 22.1. The molecule has 0 radical (unpaired) electrons. The van der Waals surface area contributed by atoms with Crippen LogP contribution in [0.25, 0.3) is 16.8 Å². The van der Waals surface area contributed by atoms with Crippen molar-refractivity contribution < 1.29 is 23.9 Å². The summed E-state index contributed by atoms with van der Waals surface area (Å²) in [5.41, 5.74) is 2.65. The molecule has 4 aromatic rings. The summed E-state index contributed by atoms with van der Waals surface area (Å²) in [4.78, 5) is 39.9. The maximum atomic E-state index is 13.5. The second-order valence-electron chi connectivity index (χ2n) is 9.13. The molecule has 0 aromatic heterocycles. The Labute approximate surface area is 240 Å². The van der Waals surface area contributed by atoms with Crippen molar-refractivity contribution in [3.63, 3.8) is 0 Å². The number of nitrogens with zero attached hydrogens (tertiary/aromatic N) is 1. The third kappa shape index (κ3) is 5.35. The maximum absolute atomic E-state index is 13.5. The van der Waals surface area contributed by atoms with Gasteiger partial charge in [-0.3, -0.25) is 14.9 Å². The number of imide groups is 2. The smallest absolute Gasteiger partial charge is 0.335 e. The molecule has 0 saturated carbocycles. The molecule has 1 fully saturated rings. The van der Waals surface area contributed by atoms with Crippen molar-refractivity contribution in [1.82, 2.24) is 5.32 Å². The fourth-order valence-corrected chi connectivity index (χ4v) is 5.29. The number of benzene rings is 4. The van der Waals surface area contributed by atoms with Gasteiger partial charge in [0.25, 0.3) is 11.8 Å². The summed E-state index contributed by atoms with van der Waals surface area (Å²) in [7, 11) is 0. The highest BCUT2D eigenvalue weighted by Crippen LogP contribution is 2.39.